The second-order valence-electron chi connectivity index (χ2n) is 17.8. The van der Waals surface area contributed by atoms with Crippen LogP contribution in [0.5, 0.6) is 0 Å². The van der Waals surface area contributed by atoms with E-state index in [-0.39, 0.29) is 0 Å². The van der Waals surface area contributed by atoms with E-state index in [1.165, 1.54) is 98.8 Å². The lowest BCUT2D eigenvalue weighted by Gasteiger charge is -2.14. The van der Waals surface area contributed by atoms with Crippen molar-refractivity contribution >= 4 is 65.4 Å². The summed E-state index contributed by atoms with van der Waals surface area (Å²) in [5.41, 5.74) is 18.9. The standard InChI is InChI=1S/C64H42N4/c1-5-13-43(14-6-1)49-27-35-59-57(41-49)55-33-25-47-37-39-65(51-17-9-3-10-18-51)61(47)63(55)67(59)53-29-21-45(22-30-53)46-23-31-54(32-24-46)68-60-36-28-50(44-15-7-2-8-16-44)42-58(60)56-34-26-48-38-40-66(62(48)64(56)68)52-19-11-4-12-20-52/h1-42H. The zero-order chi connectivity index (χ0) is 44.7. The van der Waals surface area contributed by atoms with Crippen molar-refractivity contribution in [3.8, 4) is 56.1 Å². The first-order valence-electron chi connectivity index (χ1n) is 23.3. The molecule has 4 heterocycles. The molecule has 0 saturated carbocycles. The molecule has 0 aliphatic heterocycles. The Balaban J connectivity index is 0.910. The van der Waals surface area contributed by atoms with E-state index in [0.717, 1.165) is 22.7 Å². The van der Waals surface area contributed by atoms with Crippen molar-refractivity contribution in [3.05, 3.63) is 255 Å². The number of para-hydroxylation sites is 2. The van der Waals surface area contributed by atoms with Crippen LogP contribution in [0.3, 0.4) is 0 Å². The first-order valence-corrected chi connectivity index (χ1v) is 23.3. The summed E-state index contributed by atoms with van der Waals surface area (Å²) in [6.07, 6.45) is 4.41. The molecule has 0 aliphatic rings. The summed E-state index contributed by atoms with van der Waals surface area (Å²) in [6, 6.07) is 88.5. The summed E-state index contributed by atoms with van der Waals surface area (Å²) in [5, 5.41) is 7.35. The molecule has 4 heteroatoms. The number of fused-ring (bicyclic) bond motifs is 10. The van der Waals surface area contributed by atoms with Crippen molar-refractivity contribution in [2.45, 2.75) is 0 Å². The highest BCUT2D eigenvalue weighted by atomic mass is 15.0. The Bertz CT molecular complexity index is 3920. The van der Waals surface area contributed by atoms with Gasteiger partial charge in [0.05, 0.1) is 33.1 Å². The van der Waals surface area contributed by atoms with Crippen LogP contribution in [0.2, 0.25) is 0 Å². The fourth-order valence-corrected chi connectivity index (χ4v) is 10.8. The molecule has 4 aromatic heterocycles. The molecule has 0 unspecified atom stereocenters. The lowest BCUT2D eigenvalue weighted by molar-refractivity contribution is 1.11. The molecule has 0 radical (unpaired) electrons. The molecule has 0 atom stereocenters. The predicted molar refractivity (Wildman–Crippen MR) is 285 cm³/mol. The summed E-state index contributed by atoms with van der Waals surface area (Å²) < 4.78 is 9.60. The maximum Gasteiger partial charge on any atom is 0.0788 e. The molecular weight excluding hydrogens is 825 g/mol. The predicted octanol–water partition coefficient (Wildman–Crippen LogP) is 16.8. The van der Waals surface area contributed by atoms with E-state index in [4.69, 9.17) is 0 Å². The Labute approximate surface area is 393 Å². The average molecular weight is 867 g/mol. The van der Waals surface area contributed by atoms with Crippen molar-refractivity contribution in [1.29, 1.82) is 0 Å². The third-order valence-corrected chi connectivity index (χ3v) is 14.0. The number of rotatable bonds is 7. The van der Waals surface area contributed by atoms with Gasteiger partial charge in [-0.05, 0) is 118 Å². The lowest BCUT2D eigenvalue weighted by atomic mass is 10.0. The SMILES string of the molecule is c1ccc(-c2ccc3c(c2)c2ccc4ccn(-c5ccccc5)c4c2n3-c2ccc(-c3ccc(-n4c5ccc(-c6ccccc6)cc5c5ccc6ccn(-c7ccccc7)c6c54)cc3)cc2)cc1. The maximum atomic E-state index is 2.46. The largest absolute Gasteiger partial charge is 0.315 e. The van der Waals surface area contributed by atoms with E-state index in [9.17, 15) is 0 Å². The van der Waals surface area contributed by atoms with Crippen molar-refractivity contribution in [2.24, 2.45) is 0 Å². The highest BCUT2D eigenvalue weighted by Gasteiger charge is 2.21. The smallest absolute Gasteiger partial charge is 0.0788 e. The lowest BCUT2D eigenvalue weighted by Crippen LogP contribution is -1.98. The van der Waals surface area contributed by atoms with E-state index in [0.29, 0.717) is 0 Å². The molecule has 0 N–H and O–H groups in total. The van der Waals surface area contributed by atoms with Gasteiger partial charge in [-0.1, -0.05) is 158 Å². The highest BCUT2D eigenvalue weighted by Crippen LogP contribution is 2.42. The fourth-order valence-electron chi connectivity index (χ4n) is 10.8. The number of hydrogen-bond acceptors (Lipinski definition) is 0. The molecule has 14 rings (SSSR count). The van der Waals surface area contributed by atoms with Gasteiger partial charge in [-0.25, -0.2) is 0 Å². The Morgan fingerprint density at radius 2 is 0.574 bits per heavy atom. The zero-order valence-corrected chi connectivity index (χ0v) is 37.0. The Hall–Kier alpha value is -9.12. The van der Waals surface area contributed by atoms with Gasteiger partial charge in [0.15, 0.2) is 0 Å². The van der Waals surface area contributed by atoms with Gasteiger partial charge in [-0.15, -0.1) is 0 Å². The van der Waals surface area contributed by atoms with Gasteiger partial charge >= 0.3 is 0 Å². The summed E-state index contributed by atoms with van der Waals surface area (Å²) in [5.74, 6) is 0. The van der Waals surface area contributed by atoms with Gasteiger partial charge in [0.25, 0.3) is 0 Å². The minimum atomic E-state index is 1.12. The summed E-state index contributed by atoms with van der Waals surface area (Å²) >= 11 is 0. The van der Waals surface area contributed by atoms with Gasteiger partial charge in [-0.3, -0.25) is 0 Å². The second kappa shape index (κ2) is 15.2. The topological polar surface area (TPSA) is 19.7 Å². The molecule has 0 amide bonds. The number of benzene rings is 10. The van der Waals surface area contributed by atoms with E-state index in [2.05, 4.69) is 273 Å². The number of hydrogen-bond donors (Lipinski definition) is 0. The molecule has 0 saturated heterocycles. The summed E-state index contributed by atoms with van der Waals surface area (Å²) in [7, 11) is 0. The van der Waals surface area contributed by atoms with Crippen molar-refractivity contribution in [3.63, 3.8) is 0 Å². The van der Waals surface area contributed by atoms with E-state index >= 15 is 0 Å². The van der Waals surface area contributed by atoms with Crippen LogP contribution in [0.25, 0.3) is 122 Å². The zero-order valence-electron chi connectivity index (χ0n) is 37.0. The van der Waals surface area contributed by atoms with Crippen LogP contribution in [-0.4, -0.2) is 18.3 Å². The summed E-state index contributed by atoms with van der Waals surface area (Å²) in [6.45, 7) is 0. The molecule has 0 spiro atoms. The molecular formula is C64H42N4. The first kappa shape index (κ1) is 38.2. The monoisotopic (exact) mass is 866 g/mol. The Morgan fingerprint density at radius 3 is 0.971 bits per heavy atom. The number of aromatic nitrogens is 4. The minimum absolute atomic E-state index is 1.12. The molecule has 0 bridgehead atoms. The van der Waals surface area contributed by atoms with Crippen LogP contribution < -0.4 is 0 Å². The van der Waals surface area contributed by atoms with Crippen LogP contribution in [-0.2, 0) is 0 Å². The molecule has 318 valence electrons. The normalized spacial score (nSPS) is 11.8. The van der Waals surface area contributed by atoms with E-state index in [1.807, 2.05) is 0 Å². The van der Waals surface area contributed by atoms with Gasteiger partial charge in [0.2, 0.25) is 0 Å². The van der Waals surface area contributed by atoms with Gasteiger partial charge in [-0.2, -0.15) is 0 Å². The van der Waals surface area contributed by atoms with Crippen molar-refractivity contribution in [2.75, 3.05) is 0 Å². The van der Waals surface area contributed by atoms with Crippen LogP contribution >= 0.6 is 0 Å². The Morgan fingerprint density at radius 1 is 0.221 bits per heavy atom. The van der Waals surface area contributed by atoms with Crippen molar-refractivity contribution < 1.29 is 0 Å². The molecule has 4 nitrogen and oxygen atoms in total. The first-order chi connectivity index (χ1) is 33.7. The van der Waals surface area contributed by atoms with Crippen LogP contribution in [0.15, 0.2) is 255 Å². The second-order valence-corrected chi connectivity index (χ2v) is 17.8. The third-order valence-electron chi connectivity index (χ3n) is 14.0. The van der Waals surface area contributed by atoms with Gasteiger partial charge in [0, 0.05) is 67.5 Å². The molecule has 14 aromatic rings. The third kappa shape index (κ3) is 5.94. The molecule has 0 fully saturated rings. The molecule has 68 heavy (non-hydrogen) atoms. The van der Waals surface area contributed by atoms with Crippen LogP contribution in [0.4, 0.5) is 0 Å². The van der Waals surface area contributed by atoms with Crippen LogP contribution in [0.1, 0.15) is 0 Å². The molecule has 0 aliphatic carbocycles. The highest BCUT2D eigenvalue weighted by molar-refractivity contribution is 6.20. The average Bonchev–Trinajstić information content (AvgIpc) is 4.20. The number of nitrogens with zero attached hydrogens (tertiary/aromatic N) is 4. The fraction of sp³-hybridized carbons (Fsp3) is 0. The van der Waals surface area contributed by atoms with Crippen molar-refractivity contribution in [1.82, 2.24) is 18.3 Å². The molecule has 10 aromatic carbocycles. The maximum absolute atomic E-state index is 2.46. The van der Waals surface area contributed by atoms with E-state index < -0.39 is 0 Å². The van der Waals surface area contributed by atoms with E-state index in [1.54, 1.807) is 0 Å². The van der Waals surface area contributed by atoms with Gasteiger partial charge in [0.1, 0.15) is 0 Å². The summed E-state index contributed by atoms with van der Waals surface area (Å²) in [4.78, 5) is 0. The van der Waals surface area contributed by atoms with Crippen LogP contribution in [0, 0.1) is 0 Å². The van der Waals surface area contributed by atoms with Gasteiger partial charge < -0.3 is 18.3 Å². The quantitative estimate of drug-likeness (QED) is 0.152. The Kier molecular flexibility index (Phi) is 8.55. The minimum Gasteiger partial charge on any atom is -0.315 e.